The molecule has 0 heterocycles. The van der Waals surface area contributed by atoms with Crippen molar-refractivity contribution in [2.24, 2.45) is 17.8 Å². The topological polar surface area (TPSA) is 20.2 Å². The molecule has 72 valence electrons. The van der Waals surface area contributed by atoms with Crippen LogP contribution in [0.15, 0.2) is 12.7 Å². The molecular weight excluding hydrogens is 148 g/mol. The molecule has 0 rings (SSSR count). The lowest BCUT2D eigenvalue weighted by Crippen LogP contribution is -2.21. The summed E-state index contributed by atoms with van der Waals surface area (Å²) in [5.74, 6) is 1.51. The van der Waals surface area contributed by atoms with Crippen LogP contribution in [0.2, 0.25) is 0 Å². The molecule has 1 N–H and O–H groups in total. The minimum atomic E-state index is -0.197. The summed E-state index contributed by atoms with van der Waals surface area (Å²) in [5.41, 5.74) is 0. The van der Waals surface area contributed by atoms with E-state index in [0.29, 0.717) is 17.8 Å². The first-order chi connectivity index (χ1) is 5.49. The summed E-state index contributed by atoms with van der Waals surface area (Å²) >= 11 is 0. The van der Waals surface area contributed by atoms with Crippen molar-refractivity contribution >= 4 is 0 Å². The van der Waals surface area contributed by atoms with Gasteiger partial charge in [0.15, 0.2) is 0 Å². The van der Waals surface area contributed by atoms with Crippen LogP contribution in [0.1, 0.15) is 34.1 Å². The van der Waals surface area contributed by atoms with Crippen LogP contribution < -0.4 is 0 Å². The quantitative estimate of drug-likeness (QED) is 0.629. The van der Waals surface area contributed by atoms with Gasteiger partial charge in [0, 0.05) is 0 Å². The van der Waals surface area contributed by atoms with Gasteiger partial charge in [-0.2, -0.15) is 0 Å². The van der Waals surface area contributed by atoms with Crippen LogP contribution in [0, 0.1) is 17.8 Å². The number of rotatable bonds is 5. The van der Waals surface area contributed by atoms with Crippen molar-refractivity contribution in [2.45, 2.75) is 40.2 Å². The first-order valence-electron chi connectivity index (χ1n) is 4.79. The molecule has 0 fully saturated rings. The fourth-order valence-corrected chi connectivity index (χ4v) is 1.37. The molecule has 12 heavy (non-hydrogen) atoms. The maximum atomic E-state index is 9.35. The Hall–Kier alpha value is -0.300. The van der Waals surface area contributed by atoms with Crippen LogP contribution in [0.25, 0.3) is 0 Å². The number of hydrogen-bond acceptors (Lipinski definition) is 1. The molecule has 0 aromatic rings. The predicted octanol–water partition coefficient (Wildman–Crippen LogP) is 2.85. The van der Waals surface area contributed by atoms with Gasteiger partial charge in [-0.1, -0.05) is 26.8 Å². The number of allylic oxidation sites excluding steroid dienone is 1. The number of aliphatic hydroxyl groups excluding tert-OH is 1. The summed E-state index contributed by atoms with van der Waals surface area (Å²) < 4.78 is 0. The van der Waals surface area contributed by atoms with E-state index in [9.17, 15) is 5.11 Å². The van der Waals surface area contributed by atoms with Gasteiger partial charge in [0.2, 0.25) is 0 Å². The van der Waals surface area contributed by atoms with E-state index in [0.717, 1.165) is 6.42 Å². The zero-order valence-corrected chi connectivity index (χ0v) is 8.75. The second-order valence-corrected chi connectivity index (χ2v) is 4.03. The maximum Gasteiger partial charge on any atom is 0.0540 e. The Morgan fingerprint density at radius 1 is 1.25 bits per heavy atom. The van der Waals surface area contributed by atoms with E-state index in [1.165, 1.54) is 0 Å². The first-order valence-corrected chi connectivity index (χ1v) is 4.79. The third-order valence-electron chi connectivity index (χ3n) is 2.80. The molecule has 0 aromatic heterocycles. The maximum absolute atomic E-state index is 9.35. The van der Waals surface area contributed by atoms with Crippen molar-refractivity contribution in [1.29, 1.82) is 0 Å². The van der Waals surface area contributed by atoms with E-state index < -0.39 is 0 Å². The molecule has 0 spiro atoms. The van der Waals surface area contributed by atoms with E-state index in [1.54, 1.807) is 0 Å². The third-order valence-corrected chi connectivity index (χ3v) is 2.80. The molecule has 1 heteroatoms. The van der Waals surface area contributed by atoms with Crippen molar-refractivity contribution < 1.29 is 5.11 Å². The van der Waals surface area contributed by atoms with Crippen molar-refractivity contribution in [1.82, 2.24) is 0 Å². The zero-order chi connectivity index (χ0) is 9.72. The Bertz CT molecular complexity index is 129. The molecule has 0 amide bonds. The minimum Gasteiger partial charge on any atom is -0.393 e. The van der Waals surface area contributed by atoms with E-state index >= 15 is 0 Å². The van der Waals surface area contributed by atoms with Gasteiger partial charge in [-0.15, -0.1) is 6.58 Å². The molecule has 0 aromatic carbocycles. The fourth-order valence-electron chi connectivity index (χ4n) is 1.37. The predicted molar refractivity (Wildman–Crippen MR) is 54.0 cm³/mol. The van der Waals surface area contributed by atoms with Crippen LogP contribution in [-0.4, -0.2) is 11.2 Å². The second kappa shape index (κ2) is 5.36. The van der Waals surface area contributed by atoms with Gasteiger partial charge < -0.3 is 5.11 Å². The monoisotopic (exact) mass is 170 g/mol. The van der Waals surface area contributed by atoms with Crippen LogP contribution in [0.4, 0.5) is 0 Å². The van der Waals surface area contributed by atoms with Crippen LogP contribution >= 0.6 is 0 Å². The summed E-state index contributed by atoms with van der Waals surface area (Å²) in [4.78, 5) is 0. The fraction of sp³-hybridized carbons (Fsp3) is 0.818. The van der Waals surface area contributed by atoms with Crippen molar-refractivity contribution in [3.8, 4) is 0 Å². The highest BCUT2D eigenvalue weighted by atomic mass is 16.3. The highest BCUT2D eigenvalue weighted by Crippen LogP contribution is 2.22. The van der Waals surface area contributed by atoms with Gasteiger partial charge in [0.05, 0.1) is 6.10 Å². The highest BCUT2D eigenvalue weighted by molar-refractivity contribution is 4.78. The Morgan fingerprint density at radius 2 is 1.75 bits per heavy atom. The van der Waals surface area contributed by atoms with E-state index in [1.807, 2.05) is 13.0 Å². The first kappa shape index (κ1) is 11.7. The number of aliphatic hydroxyl groups is 1. The largest absolute Gasteiger partial charge is 0.393 e. The summed E-state index contributed by atoms with van der Waals surface area (Å²) in [6, 6.07) is 0. The van der Waals surface area contributed by atoms with E-state index in [4.69, 9.17) is 0 Å². The standard InChI is InChI=1S/C11H22O/c1-6-8(2)7-9(3)10(4)11(5)12/h6,8-12H,1,7H2,2-5H3. The summed E-state index contributed by atoms with van der Waals surface area (Å²) in [7, 11) is 0. The van der Waals surface area contributed by atoms with Gasteiger partial charge in [0.1, 0.15) is 0 Å². The van der Waals surface area contributed by atoms with Gasteiger partial charge in [-0.25, -0.2) is 0 Å². The van der Waals surface area contributed by atoms with Gasteiger partial charge in [0.25, 0.3) is 0 Å². The molecule has 4 atom stereocenters. The summed E-state index contributed by atoms with van der Waals surface area (Å²) in [6.07, 6.45) is 2.90. The smallest absolute Gasteiger partial charge is 0.0540 e. The lowest BCUT2D eigenvalue weighted by atomic mass is 9.85. The molecule has 0 aliphatic heterocycles. The third kappa shape index (κ3) is 3.91. The van der Waals surface area contributed by atoms with E-state index in [2.05, 4.69) is 27.4 Å². The Labute approximate surface area is 76.5 Å². The van der Waals surface area contributed by atoms with Gasteiger partial charge >= 0.3 is 0 Å². The molecule has 1 nitrogen and oxygen atoms in total. The molecule has 0 saturated carbocycles. The highest BCUT2D eigenvalue weighted by Gasteiger charge is 2.17. The normalized spacial score (nSPS) is 21.1. The van der Waals surface area contributed by atoms with Crippen LogP contribution in [0.3, 0.4) is 0 Å². The van der Waals surface area contributed by atoms with Gasteiger partial charge in [-0.05, 0) is 31.1 Å². The van der Waals surface area contributed by atoms with Gasteiger partial charge in [-0.3, -0.25) is 0 Å². The lowest BCUT2D eigenvalue weighted by molar-refractivity contribution is 0.0978. The molecule has 0 bridgehead atoms. The molecular formula is C11H22O. The van der Waals surface area contributed by atoms with Crippen LogP contribution in [-0.2, 0) is 0 Å². The average molecular weight is 170 g/mol. The van der Waals surface area contributed by atoms with Crippen molar-refractivity contribution in [3.63, 3.8) is 0 Å². The molecule has 4 unspecified atom stereocenters. The molecule has 0 radical (unpaired) electrons. The lowest BCUT2D eigenvalue weighted by Gasteiger charge is -2.24. The molecule has 0 saturated heterocycles. The van der Waals surface area contributed by atoms with Crippen molar-refractivity contribution in [2.75, 3.05) is 0 Å². The summed E-state index contributed by atoms with van der Waals surface area (Å²) in [5, 5.41) is 9.35. The van der Waals surface area contributed by atoms with Crippen LogP contribution in [0.5, 0.6) is 0 Å². The Morgan fingerprint density at radius 3 is 2.08 bits per heavy atom. The zero-order valence-electron chi connectivity index (χ0n) is 8.75. The van der Waals surface area contributed by atoms with Crippen molar-refractivity contribution in [3.05, 3.63) is 12.7 Å². The number of hydrogen-bond donors (Lipinski definition) is 1. The Balaban J connectivity index is 3.85. The van der Waals surface area contributed by atoms with E-state index in [-0.39, 0.29) is 6.10 Å². The Kier molecular flexibility index (Phi) is 5.23. The average Bonchev–Trinajstić information content (AvgIpc) is 2.02. The summed E-state index contributed by atoms with van der Waals surface area (Å²) in [6.45, 7) is 12.1. The minimum absolute atomic E-state index is 0.197. The SMILES string of the molecule is C=CC(C)CC(C)C(C)C(C)O. The second-order valence-electron chi connectivity index (χ2n) is 4.03. The molecule has 0 aliphatic rings. The molecule has 0 aliphatic carbocycles.